The number of H-pyrrole nitrogens is 1. The second-order valence-corrected chi connectivity index (χ2v) is 8.70. The summed E-state index contributed by atoms with van der Waals surface area (Å²) in [6.45, 7) is 3.98. The van der Waals surface area contributed by atoms with Gasteiger partial charge in [-0.1, -0.05) is 60.3 Å². The molecule has 0 saturated carbocycles. The van der Waals surface area contributed by atoms with Gasteiger partial charge < -0.3 is 19.8 Å². The van der Waals surface area contributed by atoms with Crippen molar-refractivity contribution >= 4 is 35.1 Å². The number of carbonyl (C=O) groups excluding carboxylic acids is 1. The zero-order valence-electron chi connectivity index (χ0n) is 17.9. The van der Waals surface area contributed by atoms with Crippen LogP contribution in [0, 0.1) is 0 Å². The lowest BCUT2D eigenvalue weighted by Crippen LogP contribution is -2.31. The third-order valence-corrected chi connectivity index (χ3v) is 6.49. The van der Waals surface area contributed by atoms with Gasteiger partial charge in [-0.15, -0.1) is 0 Å². The summed E-state index contributed by atoms with van der Waals surface area (Å²) in [6, 6.07) is 12.9. The highest BCUT2D eigenvalue weighted by Gasteiger charge is 2.31. The van der Waals surface area contributed by atoms with Crippen LogP contribution in [0.1, 0.15) is 29.0 Å². The van der Waals surface area contributed by atoms with Gasteiger partial charge in [-0.3, -0.25) is 9.59 Å². The first-order valence-corrected chi connectivity index (χ1v) is 11.6. The third-order valence-electron chi connectivity index (χ3n) is 5.20. The molecule has 0 saturated heterocycles. The van der Waals surface area contributed by atoms with Crippen LogP contribution >= 0.6 is 23.4 Å². The molecule has 33 heavy (non-hydrogen) atoms. The fourth-order valence-electron chi connectivity index (χ4n) is 3.63. The van der Waals surface area contributed by atoms with Gasteiger partial charge in [-0.2, -0.15) is 0 Å². The minimum absolute atomic E-state index is 0.125. The summed E-state index contributed by atoms with van der Waals surface area (Å²) in [5.41, 5.74) is 1.81. The van der Waals surface area contributed by atoms with Crippen molar-refractivity contribution in [1.29, 1.82) is 0 Å². The van der Waals surface area contributed by atoms with Crippen molar-refractivity contribution in [3.63, 3.8) is 0 Å². The zero-order valence-corrected chi connectivity index (χ0v) is 19.5. The zero-order chi connectivity index (χ0) is 23.4. The maximum absolute atomic E-state index is 13.1. The Balaban J connectivity index is 1.65. The number of anilines is 1. The molecule has 1 aromatic heterocycles. The molecule has 2 heterocycles. The highest BCUT2D eigenvalue weighted by atomic mass is 35.5. The van der Waals surface area contributed by atoms with Crippen LogP contribution in [-0.4, -0.2) is 29.6 Å². The summed E-state index contributed by atoms with van der Waals surface area (Å²) in [7, 11) is 1.54. The average molecular weight is 484 g/mol. The maximum atomic E-state index is 13.1. The topological polar surface area (TPSA) is 93.3 Å². The number of carbonyl (C=O) groups is 1. The number of benzene rings is 2. The van der Waals surface area contributed by atoms with Crippen molar-refractivity contribution in [2.45, 2.75) is 23.2 Å². The number of hydrogen-bond donors (Lipinski definition) is 2. The fraction of sp³-hybridized carbons (Fsp3) is 0.208. The number of ether oxygens (including phenoxy) is 2. The molecule has 0 fully saturated rings. The molecule has 170 valence electrons. The van der Waals surface area contributed by atoms with Crippen LogP contribution in [-0.2, 0) is 10.5 Å². The predicted octanol–water partition coefficient (Wildman–Crippen LogP) is 4.76. The van der Waals surface area contributed by atoms with Crippen LogP contribution < -0.4 is 20.3 Å². The number of nitrogens with zero attached hydrogens (tertiary/aromatic N) is 1. The monoisotopic (exact) mass is 483 g/mol. The van der Waals surface area contributed by atoms with Crippen molar-refractivity contribution in [1.82, 2.24) is 9.97 Å². The van der Waals surface area contributed by atoms with E-state index >= 15 is 0 Å². The summed E-state index contributed by atoms with van der Waals surface area (Å²) in [6.07, 6.45) is 1.77. The highest BCUT2D eigenvalue weighted by molar-refractivity contribution is 7.98. The van der Waals surface area contributed by atoms with Crippen molar-refractivity contribution in [3.8, 4) is 11.5 Å². The number of methoxy groups -OCH3 is 1. The van der Waals surface area contributed by atoms with E-state index in [0.717, 1.165) is 11.1 Å². The van der Waals surface area contributed by atoms with Gasteiger partial charge in [-0.05, 0) is 29.3 Å². The number of thioether (sulfide) groups is 1. The van der Waals surface area contributed by atoms with E-state index in [0.29, 0.717) is 39.6 Å². The molecule has 0 bridgehead atoms. The summed E-state index contributed by atoms with van der Waals surface area (Å²) >= 11 is 7.56. The van der Waals surface area contributed by atoms with E-state index in [2.05, 4.69) is 21.9 Å². The number of aromatic nitrogens is 2. The van der Waals surface area contributed by atoms with E-state index in [1.165, 1.54) is 18.9 Å². The molecule has 1 aliphatic heterocycles. The standard InChI is InChI=1S/C24H22ClN3O4S/c1-3-10-32-18-9-8-14(11-19(18)31-2)16-12-20(29)26-22-21(16)23(30)28-24(27-22)33-13-15-6-4-5-7-17(15)25/h3-9,11,16H,1,10,12-13H2,2H3,(H2,26,27,28,29,30)/t16-/m0/s1. The molecule has 2 N–H and O–H groups in total. The van der Waals surface area contributed by atoms with E-state index in [-0.39, 0.29) is 23.7 Å². The highest BCUT2D eigenvalue weighted by Crippen LogP contribution is 2.38. The molecular formula is C24H22ClN3O4S. The predicted molar refractivity (Wildman–Crippen MR) is 130 cm³/mol. The Labute approximate surface area is 200 Å². The van der Waals surface area contributed by atoms with Crippen LogP contribution in [0.25, 0.3) is 0 Å². The maximum Gasteiger partial charge on any atom is 0.257 e. The summed E-state index contributed by atoms with van der Waals surface area (Å²) in [5, 5.41) is 3.80. The molecule has 1 amide bonds. The molecule has 3 aromatic rings. The Hall–Kier alpha value is -3.23. The number of hydrogen-bond acceptors (Lipinski definition) is 6. The second-order valence-electron chi connectivity index (χ2n) is 7.33. The number of aromatic amines is 1. The molecule has 0 spiro atoms. The van der Waals surface area contributed by atoms with Gasteiger partial charge in [0.1, 0.15) is 12.4 Å². The number of nitrogens with one attached hydrogen (secondary N) is 2. The number of rotatable bonds is 8. The Bertz CT molecular complexity index is 1260. The molecule has 0 unspecified atom stereocenters. The summed E-state index contributed by atoms with van der Waals surface area (Å²) in [4.78, 5) is 32.9. The van der Waals surface area contributed by atoms with Crippen molar-refractivity contribution in [2.75, 3.05) is 19.0 Å². The smallest absolute Gasteiger partial charge is 0.257 e. The second kappa shape index (κ2) is 10.1. The Morgan fingerprint density at radius 2 is 2.06 bits per heavy atom. The Morgan fingerprint density at radius 3 is 2.82 bits per heavy atom. The van der Waals surface area contributed by atoms with E-state index in [9.17, 15) is 9.59 Å². The van der Waals surface area contributed by atoms with Gasteiger partial charge in [0.05, 0.1) is 12.7 Å². The Kier molecular flexibility index (Phi) is 7.05. The van der Waals surface area contributed by atoms with Crippen molar-refractivity contribution < 1.29 is 14.3 Å². The molecule has 4 rings (SSSR count). The van der Waals surface area contributed by atoms with Crippen LogP contribution in [0.5, 0.6) is 11.5 Å². The molecule has 1 aliphatic rings. The average Bonchev–Trinajstić information content (AvgIpc) is 2.81. The first-order chi connectivity index (χ1) is 16.0. The largest absolute Gasteiger partial charge is 0.493 e. The van der Waals surface area contributed by atoms with Crippen LogP contribution in [0.4, 0.5) is 5.82 Å². The molecule has 0 radical (unpaired) electrons. The van der Waals surface area contributed by atoms with Crippen LogP contribution in [0.15, 0.2) is 65.1 Å². The molecule has 1 atom stereocenters. The number of fused-ring (bicyclic) bond motifs is 1. The SMILES string of the molecule is C=CCOc1ccc([C@@H]2CC(=O)Nc3nc(SCc4ccccc4Cl)[nH]c(=O)c32)cc1OC. The number of halogens is 1. The van der Waals surface area contributed by atoms with Gasteiger partial charge in [0.25, 0.3) is 5.56 Å². The minimum Gasteiger partial charge on any atom is -0.493 e. The van der Waals surface area contributed by atoms with Gasteiger partial charge in [0.2, 0.25) is 5.91 Å². The fourth-order valence-corrected chi connectivity index (χ4v) is 4.78. The summed E-state index contributed by atoms with van der Waals surface area (Å²) < 4.78 is 11.1. The molecule has 2 aromatic carbocycles. The van der Waals surface area contributed by atoms with Crippen LogP contribution in [0.3, 0.4) is 0 Å². The first kappa shape index (κ1) is 22.9. The van der Waals surface area contributed by atoms with E-state index in [1.54, 1.807) is 18.2 Å². The minimum atomic E-state index is -0.463. The quantitative estimate of drug-likeness (QED) is 0.272. The molecule has 0 aliphatic carbocycles. The van der Waals surface area contributed by atoms with E-state index < -0.39 is 5.92 Å². The Morgan fingerprint density at radius 1 is 1.24 bits per heavy atom. The lowest BCUT2D eigenvalue weighted by atomic mass is 9.86. The van der Waals surface area contributed by atoms with E-state index in [1.807, 2.05) is 30.3 Å². The van der Waals surface area contributed by atoms with Gasteiger partial charge in [-0.25, -0.2) is 4.98 Å². The third kappa shape index (κ3) is 5.07. The van der Waals surface area contributed by atoms with Gasteiger partial charge in [0.15, 0.2) is 16.7 Å². The van der Waals surface area contributed by atoms with Crippen LogP contribution in [0.2, 0.25) is 5.02 Å². The summed E-state index contributed by atoms with van der Waals surface area (Å²) in [5.74, 6) is 1.20. The van der Waals surface area contributed by atoms with Crippen molar-refractivity contribution in [2.24, 2.45) is 0 Å². The molecule has 7 nitrogen and oxygen atoms in total. The molecule has 9 heteroatoms. The van der Waals surface area contributed by atoms with Crippen molar-refractivity contribution in [3.05, 3.63) is 87.2 Å². The first-order valence-electron chi connectivity index (χ1n) is 10.2. The van der Waals surface area contributed by atoms with Gasteiger partial charge in [0, 0.05) is 23.1 Å². The normalized spacial score (nSPS) is 14.8. The van der Waals surface area contributed by atoms with Gasteiger partial charge >= 0.3 is 0 Å². The lowest BCUT2D eigenvalue weighted by molar-refractivity contribution is -0.116. The number of amides is 1. The molecular weight excluding hydrogens is 462 g/mol. The van der Waals surface area contributed by atoms with E-state index in [4.69, 9.17) is 21.1 Å². The lowest BCUT2D eigenvalue weighted by Gasteiger charge is -2.25.